The molecule has 1 nitrogen and oxygen atoms in total. The van der Waals surface area contributed by atoms with Crippen LogP contribution in [-0.2, 0) is 6.42 Å². The average Bonchev–Trinajstić information content (AvgIpc) is 2.64. The second-order valence-electron chi connectivity index (χ2n) is 6.83. The maximum absolute atomic E-state index is 13.5. The van der Waals surface area contributed by atoms with Gasteiger partial charge in [-0.25, -0.2) is 22.0 Å². The first-order valence-corrected chi connectivity index (χ1v) is 9.71. The van der Waals surface area contributed by atoms with Gasteiger partial charge in [-0.2, -0.15) is 0 Å². The van der Waals surface area contributed by atoms with Gasteiger partial charge in [-0.1, -0.05) is 64.2 Å². The third kappa shape index (κ3) is 7.60. The van der Waals surface area contributed by atoms with Crippen LogP contribution >= 0.6 is 0 Å². The van der Waals surface area contributed by atoms with Gasteiger partial charge in [0, 0.05) is 5.56 Å². The molecule has 0 amide bonds. The predicted octanol–water partition coefficient (Wildman–Crippen LogP) is 6.56. The van der Waals surface area contributed by atoms with E-state index in [9.17, 15) is 22.0 Å². The van der Waals surface area contributed by atoms with E-state index in [0.717, 1.165) is 38.6 Å². The molecule has 0 aromatic heterocycles. The molecule has 0 unspecified atom stereocenters. The molecule has 0 aliphatic rings. The summed E-state index contributed by atoms with van der Waals surface area (Å²) in [5, 5.41) is 0. The molecule has 26 heavy (non-hydrogen) atoms. The average molecular weight is 379 g/mol. The number of halogens is 5. The first-order valence-electron chi connectivity index (χ1n) is 9.71. The molecule has 0 bridgehead atoms. The SMILES string of the molecule is NCCCCCCCCCCCCCCc1c(F)c(F)c(F)c(F)c1F. The van der Waals surface area contributed by atoms with Crippen molar-refractivity contribution in [1.29, 1.82) is 0 Å². The fourth-order valence-corrected chi connectivity index (χ4v) is 3.08. The molecule has 2 N–H and O–H groups in total. The normalized spacial score (nSPS) is 11.3. The topological polar surface area (TPSA) is 26.0 Å². The molecule has 0 fully saturated rings. The first-order chi connectivity index (χ1) is 12.5. The van der Waals surface area contributed by atoms with Crippen LogP contribution in [-0.4, -0.2) is 6.54 Å². The largest absolute Gasteiger partial charge is 0.330 e. The number of benzene rings is 1. The summed E-state index contributed by atoms with van der Waals surface area (Å²) in [7, 11) is 0. The van der Waals surface area contributed by atoms with Gasteiger partial charge < -0.3 is 5.73 Å². The van der Waals surface area contributed by atoms with Gasteiger partial charge in [-0.05, 0) is 25.8 Å². The molecule has 1 aromatic rings. The minimum atomic E-state index is -2.09. The standard InChI is InChI=1S/C20H30F5N/c21-16-15(17(22)19(24)20(25)18(16)23)13-11-9-7-5-3-1-2-4-6-8-10-12-14-26/h1-14,26H2. The molecule has 0 aliphatic heterocycles. The molecule has 0 spiro atoms. The smallest absolute Gasteiger partial charge is 0.200 e. The summed E-state index contributed by atoms with van der Waals surface area (Å²) in [6.07, 6.45) is 12.5. The van der Waals surface area contributed by atoms with E-state index in [2.05, 4.69) is 0 Å². The molecular formula is C20H30F5N. The van der Waals surface area contributed by atoms with Crippen molar-refractivity contribution in [3.8, 4) is 0 Å². The number of rotatable bonds is 14. The molecular weight excluding hydrogens is 349 g/mol. The summed E-state index contributed by atoms with van der Waals surface area (Å²) in [6.45, 7) is 0.768. The Morgan fingerprint density at radius 3 is 1.12 bits per heavy atom. The van der Waals surface area contributed by atoms with Crippen LogP contribution in [0.25, 0.3) is 0 Å². The van der Waals surface area contributed by atoms with Crippen LogP contribution in [0.15, 0.2) is 0 Å². The number of nitrogens with two attached hydrogens (primary N) is 1. The second kappa shape index (κ2) is 13.1. The van der Waals surface area contributed by atoms with Gasteiger partial charge in [0.05, 0.1) is 0 Å². The van der Waals surface area contributed by atoms with E-state index < -0.39 is 34.6 Å². The lowest BCUT2D eigenvalue weighted by molar-refractivity contribution is 0.368. The van der Waals surface area contributed by atoms with Crippen LogP contribution in [0.5, 0.6) is 0 Å². The van der Waals surface area contributed by atoms with Crippen molar-refractivity contribution in [2.24, 2.45) is 5.73 Å². The number of hydrogen-bond acceptors (Lipinski definition) is 1. The highest BCUT2D eigenvalue weighted by Crippen LogP contribution is 2.24. The van der Waals surface area contributed by atoms with Crippen molar-refractivity contribution < 1.29 is 22.0 Å². The minimum Gasteiger partial charge on any atom is -0.330 e. The fourth-order valence-electron chi connectivity index (χ4n) is 3.08. The molecule has 6 heteroatoms. The molecule has 150 valence electrons. The summed E-state index contributed by atoms with van der Waals surface area (Å²) in [5.74, 6) is -9.22. The van der Waals surface area contributed by atoms with Gasteiger partial charge in [-0.15, -0.1) is 0 Å². The zero-order valence-electron chi connectivity index (χ0n) is 15.4. The Bertz CT molecular complexity index is 504. The molecule has 0 radical (unpaired) electrons. The first kappa shape index (κ1) is 22.9. The Hall–Kier alpha value is -1.17. The van der Waals surface area contributed by atoms with Crippen molar-refractivity contribution in [3.05, 3.63) is 34.6 Å². The molecule has 0 atom stereocenters. The maximum Gasteiger partial charge on any atom is 0.200 e. The summed E-state index contributed by atoms with van der Waals surface area (Å²) in [5.41, 5.74) is 4.74. The van der Waals surface area contributed by atoms with Gasteiger partial charge in [0.1, 0.15) is 0 Å². The monoisotopic (exact) mass is 379 g/mol. The van der Waals surface area contributed by atoms with Gasteiger partial charge >= 0.3 is 0 Å². The summed E-state index contributed by atoms with van der Waals surface area (Å²) < 4.78 is 66.2. The van der Waals surface area contributed by atoms with Crippen LogP contribution in [0.1, 0.15) is 82.6 Å². The van der Waals surface area contributed by atoms with Gasteiger partial charge in [0.25, 0.3) is 0 Å². The quantitative estimate of drug-likeness (QED) is 0.168. The van der Waals surface area contributed by atoms with Gasteiger partial charge in [-0.3, -0.25) is 0 Å². The third-order valence-corrected chi connectivity index (χ3v) is 4.68. The van der Waals surface area contributed by atoms with Crippen molar-refractivity contribution in [2.75, 3.05) is 6.54 Å². The van der Waals surface area contributed by atoms with Crippen molar-refractivity contribution in [1.82, 2.24) is 0 Å². The lowest BCUT2D eigenvalue weighted by Gasteiger charge is -2.08. The third-order valence-electron chi connectivity index (χ3n) is 4.68. The van der Waals surface area contributed by atoms with Crippen LogP contribution in [0.4, 0.5) is 22.0 Å². The van der Waals surface area contributed by atoms with Crippen molar-refractivity contribution in [2.45, 2.75) is 83.5 Å². The van der Waals surface area contributed by atoms with Crippen LogP contribution < -0.4 is 5.73 Å². The van der Waals surface area contributed by atoms with Crippen LogP contribution in [0.2, 0.25) is 0 Å². The van der Waals surface area contributed by atoms with Crippen LogP contribution in [0.3, 0.4) is 0 Å². The lowest BCUT2D eigenvalue weighted by atomic mass is 10.0. The number of unbranched alkanes of at least 4 members (excludes halogenated alkanes) is 11. The highest BCUT2D eigenvalue weighted by atomic mass is 19.2. The molecule has 1 rings (SSSR count). The van der Waals surface area contributed by atoms with E-state index in [-0.39, 0.29) is 6.42 Å². The zero-order chi connectivity index (χ0) is 19.4. The Labute approximate surface area is 153 Å². The maximum atomic E-state index is 13.5. The molecule has 0 saturated carbocycles. The highest BCUT2D eigenvalue weighted by Gasteiger charge is 2.24. The number of hydrogen-bond donors (Lipinski definition) is 1. The van der Waals surface area contributed by atoms with E-state index in [4.69, 9.17) is 5.73 Å². The molecule has 0 saturated heterocycles. The van der Waals surface area contributed by atoms with Gasteiger partial charge in [0.15, 0.2) is 23.3 Å². The Kier molecular flexibility index (Phi) is 11.5. The van der Waals surface area contributed by atoms with Crippen molar-refractivity contribution >= 4 is 0 Å². The molecule has 0 aliphatic carbocycles. The fraction of sp³-hybridized carbons (Fsp3) is 0.700. The molecule has 0 heterocycles. The van der Waals surface area contributed by atoms with E-state index in [1.807, 2.05) is 0 Å². The van der Waals surface area contributed by atoms with E-state index >= 15 is 0 Å². The van der Waals surface area contributed by atoms with Crippen molar-refractivity contribution in [3.63, 3.8) is 0 Å². The Balaban J connectivity index is 2.10. The lowest BCUT2D eigenvalue weighted by Crippen LogP contribution is -2.07. The summed E-state index contributed by atoms with van der Waals surface area (Å²) in [4.78, 5) is 0. The minimum absolute atomic E-state index is 0.130. The summed E-state index contributed by atoms with van der Waals surface area (Å²) >= 11 is 0. The molecule has 1 aromatic carbocycles. The van der Waals surface area contributed by atoms with E-state index in [1.54, 1.807) is 0 Å². The predicted molar refractivity (Wildman–Crippen MR) is 94.4 cm³/mol. The van der Waals surface area contributed by atoms with E-state index in [1.165, 1.54) is 38.5 Å². The van der Waals surface area contributed by atoms with E-state index in [0.29, 0.717) is 6.42 Å². The Morgan fingerprint density at radius 1 is 0.423 bits per heavy atom. The summed E-state index contributed by atoms with van der Waals surface area (Å²) in [6, 6.07) is 0. The van der Waals surface area contributed by atoms with Crippen LogP contribution in [0, 0.1) is 29.1 Å². The van der Waals surface area contributed by atoms with Gasteiger partial charge in [0.2, 0.25) is 5.82 Å². The highest BCUT2D eigenvalue weighted by molar-refractivity contribution is 5.24. The Morgan fingerprint density at radius 2 is 0.731 bits per heavy atom. The zero-order valence-corrected chi connectivity index (χ0v) is 15.4. The second-order valence-corrected chi connectivity index (χ2v) is 6.83.